The number of hydrogen-bond donors (Lipinski definition) is 1. The van der Waals surface area contributed by atoms with Crippen LogP contribution in [-0.4, -0.2) is 5.11 Å². The van der Waals surface area contributed by atoms with E-state index in [-0.39, 0.29) is 0 Å². The van der Waals surface area contributed by atoms with Gasteiger partial charge < -0.3 is 9.84 Å². The smallest absolute Gasteiger partial charge is 0.133 e. The average Bonchev–Trinajstić information content (AvgIpc) is 2.41. The molecule has 1 N–H and O–H groups in total. The summed E-state index contributed by atoms with van der Waals surface area (Å²) in [7, 11) is 0. The summed E-state index contributed by atoms with van der Waals surface area (Å²) in [5.74, 6) is 1.23. The fourth-order valence-electron chi connectivity index (χ4n) is 1.66. The average molecular weight is 318 g/mol. The van der Waals surface area contributed by atoms with E-state index in [0.717, 1.165) is 4.47 Å². The summed E-state index contributed by atoms with van der Waals surface area (Å²) < 4.78 is 6.62. The molecule has 2 aromatic rings. The van der Waals surface area contributed by atoms with E-state index >= 15 is 0 Å². The van der Waals surface area contributed by atoms with Crippen LogP contribution in [0.4, 0.5) is 0 Å². The third-order valence-electron chi connectivity index (χ3n) is 2.63. The van der Waals surface area contributed by atoms with Gasteiger partial charge in [0.25, 0.3) is 0 Å². The first kappa shape index (κ1) is 13.6. The van der Waals surface area contributed by atoms with Gasteiger partial charge in [0.1, 0.15) is 11.5 Å². The maximum atomic E-state index is 9.75. The van der Waals surface area contributed by atoms with Crippen LogP contribution in [0.2, 0.25) is 0 Å². The van der Waals surface area contributed by atoms with Crippen molar-refractivity contribution in [3.05, 3.63) is 58.1 Å². The minimum atomic E-state index is -0.620. The summed E-state index contributed by atoms with van der Waals surface area (Å²) in [6, 6.07) is 14.4. The van der Waals surface area contributed by atoms with Crippen LogP contribution in [-0.2, 0) is 0 Å². The van der Waals surface area contributed by atoms with E-state index in [0.29, 0.717) is 22.6 Å². The number of aliphatic hydroxyl groups is 1. The van der Waals surface area contributed by atoms with Crippen LogP contribution in [0, 0.1) is 11.3 Å². The van der Waals surface area contributed by atoms with Crippen molar-refractivity contribution in [3.63, 3.8) is 0 Å². The van der Waals surface area contributed by atoms with Crippen LogP contribution >= 0.6 is 15.9 Å². The molecule has 0 radical (unpaired) electrons. The van der Waals surface area contributed by atoms with Gasteiger partial charge in [-0.1, -0.05) is 15.9 Å². The van der Waals surface area contributed by atoms with Crippen molar-refractivity contribution in [3.8, 4) is 17.6 Å². The van der Waals surface area contributed by atoms with E-state index in [2.05, 4.69) is 22.0 Å². The van der Waals surface area contributed by atoms with E-state index in [9.17, 15) is 5.11 Å². The van der Waals surface area contributed by atoms with Gasteiger partial charge in [-0.25, -0.2) is 0 Å². The van der Waals surface area contributed by atoms with E-state index in [1.807, 2.05) is 12.1 Å². The Balaban J connectivity index is 2.30. The molecule has 0 aromatic heterocycles. The zero-order chi connectivity index (χ0) is 13.8. The van der Waals surface area contributed by atoms with Gasteiger partial charge in [-0.3, -0.25) is 0 Å². The van der Waals surface area contributed by atoms with Crippen LogP contribution < -0.4 is 4.74 Å². The highest BCUT2D eigenvalue weighted by molar-refractivity contribution is 9.10. The monoisotopic (exact) mass is 317 g/mol. The number of halogens is 1. The summed E-state index contributed by atoms with van der Waals surface area (Å²) in [6.07, 6.45) is -0.620. The molecule has 0 bridgehead atoms. The van der Waals surface area contributed by atoms with Gasteiger partial charge in [-0.15, -0.1) is 0 Å². The fraction of sp³-hybridized carbons (Fsp3) is 0.133. The second kappa shape index (κ2) is 5.87. The standard InChI is InChI=1S/C15H12BrNO2/c1-10(18)14-8-12(16)4-7-15(14)19-13-5-2-11(9-17)3-6-13/h2-8,10,18H,1H3. The molecule has 0 spiro atoms. The predicted octanol–water partition coefficient (Wildman–Crippen LogP) is 4.17. The second-order valence-corrected chi connectivity index (χ2v) is 5.01. The van der Waals surface area contributed by atoms with Crippen LogP contribution in [0.25, 0.3) is 0 Å². The minimum absolute atomic E-state index is 0.582. The number of ether oxygens (including phenoxy) is 1. The van der Waals surface area contributed by atoms with E-state index in [4.69, 9.17) is 10.00 Å². The zero-order valence-electron chi connectivity index (χ0n) is 10.3. The molecular weight excluding hydrogens is 306 g/mol. The van der Waals surface area contributed by atoms with E-state index in [1.165, 1.54) is 0 Å². The molecule has 0 aliphatic carbocycles. The van der Waals surface area contributed by atoms with Crippen molar-refractivity contribution in [2.45, 2.75) is 13.0 Å². The highest BCUT2D eigenvalue weighted by Crippen LogP contribution is 2.32. The van der Waals surface area contributed by atoms with Crippen molar-refractivity contribution in [2.24, 2.45) is 0 Å². The van der Waals surface area contributed by atoms with Crippen molar-refractivity contribution < 1.29 is 9.84 Å². The lowest BCUT2D eigenvalue weighted by molar-refractivity contribution is 0.195. The summed E-state index contributed by atoms with van der Waals surface area (Å²) in [5.41, 5.74) is 1.29. The highest BCUT2D eigenvalue weighted by atomic mass is 79.9. The lowest BCUT2D eigenvalue weighted by atomic mass is 10.1. The van der Waals surface area contributed by atoms with Gasteiger partial charge in [0, 0.05) is 10.0 Å². The Bertz CT molecular complexity index is 615. The first-order valence-corrected chi connectivity index (χ1v) is 6.55. The van der Waals surface area contributed by atoms with Crippen molar-refractivity contribution >= 4 is 15.9 Å². The molecule has 2 aromatic carbocycles. The largest absolute Gasteiger partial charge is 0.457 e. The first-order valence-electron chi connectivity index (χ1n) is 5.75. The summed E-state index contributed by atoms with van der Waals surface area (Å²) >= 11 is 3.37. The molecule has 0 saturated heterocycles. The Morgan fingerprint density at radius 1 is 1.21 bits per heavy atom. The van der Waals surface area contributed by atoms with E-state index < -0.39 is 6.10 Å². The molecular formula is C15H12BrNO2. The molecule has 2 rings (SSSR count). The first-order chi connectivity index (χ1) is 9.10. The van der Waals surface area contributed by atoms with Crippen molar-refractivity contribution in [1.29, 1.82) is 5.26 Å². The maximum absolute atomic E-state index is 9.75. The van der Waals surface area contributed by atoms with Gasteiger partial charge in [-0.05, 0) is 49.4 Å². The number of nitrogens with zero attached hydrogens (tertiary/aromatic N) is 1. The minimum Gasteiger partial charge on any atom is -0.457 e. The number of nitriles is 1. The molecule has 0 amide bonds. The third kappa shape index (κ3) is 3.34. The second-order valence-electron chi connectivity index (χ2n) is 4.10. The van der Waals surface area contributed by atoms with Gasteiger partial charge in [0.2, 0.25) is 0 Å². The number of hydrogen-bond acceptors (Lipinski definition) is 3. The number of aliphatic hydroxyl groups excluding tert-OH is 1. The van der Waals surface area contributed by atoms with Crippen LogP contribution in [0.1, 0.15) is 24.2 Å². The molecule has 19 heavy (non-hydrogen) atoms. The van der Waals surface area contributed by atoms with Crippen LogP contribution in [0.5, 0.6) is 11.5 Å². The Morgan fingerprint density at radius 2 is 1.89 bits per heavy atom. The lowest BCUT2D eigenvalue weighted by Crippen LogP contribution is -1.96. The fourth-order valence-corrected chi connectivity index (χ4v) is 2.04. The Labute approximate surface area is 120 Å². The normalized spacial score (nSPS) is 11.7. The number of rotatable bonds is 3. The summed E-state index contributed by atoms with van der Waals surface area (Å²) in [5, 5.41) is 18.5. The summed E-state index contributed by atoms with van der Waals surface area (Å²) in [4.78, 5) is 0. The number of benzene rings is 2. The lowest BCUT2D eigenvalue weighted by Gasteiger charge is -2.13. The van der Waals surface area contributed by atoms with Gasteiger partial charge in [0.15, 0.2) is 0 Å². The highest BCUT2D eigenvalue weighted by Gasteiger charge is 2.10. The Kier molecular flexibility index (Phi) is 4.20. The zero-order valence-corrected chi connectivity index (χ0v) is 11.9. The molecule has 3 nitrogen and oxygen atoms in total. The molecule has 0 aliphatic rings. The molecule has 1 atom stereocenters. The molecule has 4 heteroatoms. The summed E-state index contributed by atoms with van der Waals surface area (Å²) in [6.45, 7) is 1.69. The molecule has 0 saturated carbocycles. The molecule has 0 aliphatic heterocycles. The van der Waals surface area contributed by atoms with Crippen LogP contribution in [0.15, 0.2) is 46.9 Å². The van der Waals surface area contributed by atoms with Gasteiger partial charge >= 0.3 is 0 Å². The topological polar surface area (TPSA) is 53.2 Å². The molecule has 96 valence electrons. The van der Waals surface area contributed by atoms with Gasteiger partial charge in [0.05, 0.1) is 17.7 Å². The van der Waals surface area contributed by atoms with Gasteiger partial charge in [-0.2, -0.15) is 5.26 Å². The Hall–Kier alpha value is -1.83. The van der Waals surface area contributed by atoms with Crippen LogP contribution in [0.3, 0.4) is 0 Å². The molecule has 0 heterocycles. The van der Waals surface area contributed by atoms with Crippen molar-refractivity contribution in [2.75, 3.05) is 0 Å². The third-order valence-corrected chi connectivity index (χ3v) is 3.13. The SMILES string of the molecule is CC(O)c1cc(Br)ccc1Oc1ccc(C#N)cc1. The Morgan fingerprint density at radius 3 is 2.47 bits per heavy atom. The van der Waals surface area contributed by atoms with Crippen molar-refractivity contribution in [1.82, 2.24) is 0 Å². The van der Waals surface area contributed by atoms with E-state index in [1.54, 1.807) is 37.3 Å². The maximum Gasteiger partial charge on any atom is 0.133 e. The quantitative estimate of drug-likeness (QED) is 0.924. The predicted molar refractivity (Wildman–Crippen MR) is 76.0 cm³/mol. The molecule has 0 fully saturated rings. The molecule has 1 unspecified atom stereocenters.